The van der Waals surface area contributed by atoms with Gasteiger partial charge in [-0.05, 0) is 19.1 Å². The average Bonchev–Trinajstić information content (AvgIpc) is 2.40. The van der Waals surface area contributed by atoms with Gasteiger partial charge in [0.05, 0.1) is 6.26 Å². The smallest absolute Gasteiger partial charge is 0.207 e. The van der Waals surface area contributed by atoms with Crippen LogP contribution in [0.4, 0.5) is 0 Å². The van der Waals surface area contributed by atoms with Crippen LogP contribution in [0.25, 0.3) is 0 Å². The van der Waals surface area contributed by atoms with Crippen LogP contribution in [0.15, 0.2) is 22.8 Å². The maximum absolute atomic E-state index is 10.0. The molecular weight excluding hydrogens is 142 g/mol. The SMILES string of the molecule is CC(Cc1ccco1)NC=O. The maximum atomic E-state index is 10.0. The lowest BCUT2D eigenvalue weighted by molar-refractivity contribution is -0.110. The molecule has 11 heavy (non-hydrogen) atoms. The molecule has 1 rings (SSSR count). The van der Waals surface area contributed by atoms with Crippen LogP contribution in [-0.2, 0) is 11.2 Å². The van der Waals surface area contributed by atoms with Gasteiger partial charge in [-0.2, -0.15) is 0 Å². The number of amides is 1. The molecule has 60 valence electrons. The summed E-state index contributed by atoms with van der Waals surface area (Å²) in [4.78, 5) is 10.0. The highest BCUT2D eigenvalue weighted by molar-refractivity contribution is 5.46. The fourth-order valence-electron chi connectivity index (χ4n) is 0.906. The van der Waals surface area contributed by atoms with Gasteiger partial charge in [0.1, 0.15) is 5.76 Å². The van der Waals surface area contributed by atoms with Gasteiger partial charge in [0, 0.05) is 12.5 Å². The maximum Gasteiger partial charge on any atom is 0.207 e. The quantitative estimate of drug-likeness (QED) is 0.654. The topological polar surface area (TPSA) is 42.2 Å². The first-order valence-electron chi connectivity index (χ1n) is 3.55. The van der Waals surface area contributed by atoms with E-state index in [9.17, 15) is 4.79 Å². The molecular formula is C8H11NO2. The van der Waals surface area contributed by atoms with Crippen LogP contribution in [0, 0.1) is 0 Å². The first-order valence-corrected chi connectivity index (χ1v) is 3.55. The first kappa shape index (κ1) is 7.85. The zero-order valence-electron chi connectivity index (χ0n) is 6.41. The van der Waals surface area contributed by atoms with Gasteiger partial charge >= 0.3 is 0 Å². The third-order valence-corrected chi connectivity index (χ3v) is 1.44. The Morgan fingerprint density at radius 1 is 1.82 bits per heavy atom. The molecule has 1 heterocycles. The Balaban J connectivity index is 2.37. The third-order valence-electron chi connectivity index (χ3n) is 1.44. The lowest BCUT2D eigenvalue weighted by Crippen LogP contribution is -2.26. The summed E-state index contributed by atoms with van der Waals surface area (Å²) in [6, 6.07) is 3.87. The van der Waals surface area contributed by atoms with Crippen molar-refractivity contribution in [2.45, 2.75) is 19.4 Å². The van der Waals surface area contributed by atoms with E-state index < -0.39 is 0 Å². The van der Waals surface area contributed by atoms with E-state index in [1.54, 1.807) is 6.26 Å². The Morgan fingerprint density at radius 2 is 2.64 bits per heavy atom. The van der Waals surface area contributed by atoms with E-state index in [0.29, 0.717) is 6.41 Å². The summed E-state index contributed by atoms with van der Waals surface area (Å²) in [6.07, 6.45) is 3.07. The molecule has 1 amide bonds. The number of furan rings is 1. The van der Waals surface area contributed by atoms with Crippen molar-refractivity contribution >= 4 is 6.41 Å². The lowest BCUT2D eigenvalue weighted by atomic mass is 10.2. The van der Waals surface area contributed by atoms with Gasteiger partial charge in [-0.15, -0.1) is 0 Å². The van der Waals surface area contributed by atoms with E-state index in [0.717, 1.165) is 12.2 Å². The Morgan fingerprint density at radius 3 is 3.18 bits per heavy atom. The predicted octanol–water partition coefficient (Wildman–Crippen LogP) is 0.957. The zero-order valence-corrected chi connectivity index (χ0v) is 6.41. The molecule has 0 aromatic carbocycles. The van der Waals surface area contributed by atoms with Crippen LogP contribution in [0.3, 0.4) is 0 Å². The minimum absolute atomic E-state index is 0.138. The molecule has 0 bridgehead atoms. The average molecular weight is 153 g/mol. The third kappa shape index (κ3) is 2.45. The molecule has 3 nitrogen and oxygen atoms in total. The molecule has 1 aromatic heterocycles. The minimum Gasteiger partial charge on any atom is -0.469 e. The molecule has 1 aromatic rings. The second-order valence-electron chi connectivity index (χ2n) is 2.47. The van der Waals surface area contributed by atoms with Crippen molar-refractivity contribution < 1.29 is 9.21 Å². The van der Waals surface area contributed by atoms with Crippen molar-refractivity contribution in [2.24, 2.45) is 0 Å². The van der Waals surface area contributed by atoms with Crippen LogP contribution >= 0.6 is 0 Å². The number of hydrogen-bond acceptors (Lipinski definition) is 2. The normalized spacial score (nSPS) is 12.5. The Hall–Kier alpha value is -1.25. The van der Waals surface area contributed by atoms with E-state index >= 15 is 0 Å². The van der Waals surface area contributed by atoms with Gasteiger partial charge in [-0.3, -0.25) is 4.79 Å². The van der Waals surface area contributed by atoms with E-state index in [2.05, 4.69) is 5.32 Å². The highest BCUT2D eigenvalue weighted by Gasteiger charge is 2.02. The molecule has 1 N–H and O–H groups in total. The summed E-state index contributed by atoms with van der Waals surface area (Å²) < 4.78 is 5.09. The number of carbonyl (C=O) groups excluding carboxylic acids is 1. The van der Waals surface area contributed by atoms with Crippen molar-refractivity contribution in [1.82, 2.24) is 5.32 Å². The van der Waals surface area contributed by atoms with E-state index in [1.807, 2.05) is 19.1 Å². The molecule has 0 aliphatic heterocycles. The monoisotopic (exact) mass is 153 g/mol. The molecule has 0 spiro atoms. The minimum atomic E-state index is 0.138. The van der Waals surface area contributed by atoms with Crippen LogP contribution in [0.2, 0.25) is 0 Å². The summed E-state index contributed by atoms with van der Waals surface area (Å²) in [6.45, 7) is 1.93. The van der Waals surface area contributed by atoms with E-state index in [1.165, 1.54) is 0 Å². The second kappa shape index (κ2) is 3.81. The van der Waals surface area contributed by atoms with Crippen molar-refractivity contribution in [3.05, 3.63) is 24.2 Å². The highest BCUT2D eigenvalue weighted by atomic mass is 16.3. The fraction of sp³-hybridized carbons (Fsp3) is 0.375. The number of rotatable bonds is 4. The second-order valence-corrected chi connectivity index (χ2v) is 2.47. The van der Waals surface area contributed by atoms with Crippen molar-refractivity contribution in [2.75, 3.05) is 0 Å². The number of hydrogen-bond donors (Lipinski definition) is 1. The molecule has 0 fully saturated rings. The van der Waals surface area contributed by atoms with Crippen LogP contribution < -0.4 is 5.32 Å². The van der Waals surface area contributed by atoms with Crippen LogP contribution in [-0.4, -0.2) is 12.5 Å². The van der Waals surface area contributed by atoms with E-state index in [-0.39, 0.29) is 6.04 Å². The summed E-state index contributed by atoms with van der Waals surface area (Å²) in [5.41, 5.74) is 0. The van der Waals surface area contributed by atoms with Crippen LogP contribution in [0.5, 0.6) is 0 Å². The summed E-state index contributed by atoms with van der Waals surface area (Å²) in [7, 11) is 0. The summed E-state index contributed by atoms with van der Waals surface area (Å²) in [5.74, 6) is 0.895. The largest absolute Gasteiger partial charge is 0.469 e. The molecule has 0 saturated heterocycles. The van der Waals surface area contributed by atoms with E-state index in [4.69, 9.17) is 4.42 Å². The number of carbonyl (C=O) groups is 1. The molecule has 1 unspecified atom stereocenters. The van der Waals surface area contributed by atoms with Gasteiger partial charge < -0.3 is 9.73 Å². The van der Waals surface area contributed by atoms with Crippen LogP contribution in [0.1, 0.15) is 12.7 Å². The fourth-order valence-corrected chi connectivity index (χ4v) is 0.906. The van der Waals surface area contributed by atoms with Crippen molar-refractivity contribution in [1.29, 1.82) is 0 Å². The van der Waals surface area contributed by atoms with Crippen molar-refractivity contribution in [3.63, 3.8) is 0 Å². The Kier molecular flexibility index (Phi) is 2.72. The molecule has 0 aliphatic rings. The molecule has 0 radical (unpaired) electrons. The zero-order chi connectivity index (χ0) is 8.10. The highest BCUT2D eigenvalue weighted by Crippen LogP contribution is 2.02. The summed E-state index contributed by atoms with van der Waals surface area (Å²) in [5, 5.41) is 2.64. The molecule has 3 heteroatoms. The molecule has 0 aliphatic carbocycles. The Labute approximate surface area is 65.4 Å². The molecule has 1 atom stereocenters. The number of nitrogens with one attached hydrogen (secondary N) is 1. The standard InChI is InChI=1S/C8H11NO2/c1-7(9-6-10)5-8-3-2-4-11-8/h2-4,6-7H,5H2,1H3,(H,9,10). The van der Waals surface area contributed by atoms with Crippen molar-refractivity contribution in [3.8, 4) is 0 Å². The van der Waals surface area contributed by atoms with Gasteiger partial charge in [-0.25, -0.2) is 0 Å². The Bertz CT molecular complexity index is 206. The van der Waals surface area contributed by atoms with Gasteiger partial charge in [-0.1, -0.05) is 0 Å². The van der Waals surface area contributed by atoms with Gasteiger partial charge in [0.15, 0.2) is 0 Å². The van der Waals surface area contributed by atoms with Gasteiger partial charge in [0.25, 0.3) is 0 Å². The first-order chi connectivity index (χ1) is 5.33. The van der Waals surface area contributed by atoms with Gasteiger partial charge in [0.2, 0.25) is 6.41 Å². The lowest BCUT2D eigenvalue weighted by Gasteiger charge is -2.06. The summed E-state index contributed by atoms with van der Waals surface area (Å²) >= 11 is 0. The predicted molar refractivity (Wildman–Crippen MR) is 41.1 cm³/mol. The molecule has 0 saturated carbocycles.